The van der Waals surface area contributed by atoms with E-state index in [9.17, 15) is 4.79 Å². The van der Waals surface area contributed by atoms with E-state index in [0.717, 1.165) is 48.5 Å². The molecule has 0 spiro atoms. The van der Waals surface area contributed by atoms with Crippen LogP contribution in [-0.4, -0.2) is 44.2 Å². The molecule has 0 unspecified atom stereocenters. The third-order valence-corrected chi connectivity index (χ3v) is 5.61. The highest BCUT2D eigenvalue weighted by Gasteiger charge is 2.18. The molecule has 1 fully saturated rings. The fourth-order valence-corrected chi connectivity index (χ4v) is 3.77. The summed E-state index contributed by atoms with van der Waals surface area (Å²) in [5.74, 6) is 1.39. The Hall–Kier alpha value is -3.31. The zero-order valence-corrected chi connectivity index (χ0v) is 18.0. The normalized spacial score (nSPS) is 14.8. The predicted octanol–water partition coefficient (Wildman–Crippen LogP) is 5.09. The molecule has 0 aliphatic carbocycles. The van der Waals surface area contributed by atoms with Crippen molar-refractivity contribution >= 4 is 11.6 Å². The number of carbonyl (C=O) groups is 1. The van der Waals surface area contributed by atoms with Gasteiger partial charge in [-0.25, -0.2) is 0 Å². The average Bonchev–Trinajstić information content (AvgIpc) is 2.81. The summed E-state index contributed by atoms with van der Waals surface area (Å²) in [5, 5.41) is 2.97. The molecule has 1 saturated heterocycles. The summed E-state index contributed by atoms with van der Waals surface area (Å²) in [6.07, 6.45) is 2.41. The third kappa shape index (κ3) is 5.44. The van der Waals surface area contributed by atoms with Gasteiger partial charge in [-0.1, -0.05) is 30.3 Å². The van der Waals surface area contributed by atoms with Gasteiger partial charge in [0.1, 0.15) is 17.6 Å². The molecular weight excluding hydrogens is 388 g/mol. The number of piperidine rings is 1. The van der Waals surface area contributed by atoms with Crippen LogP contribution in [0.2, 0.25) is 0 Å². The number of methoxy groups -OCH3 is 1. The van der Waals surface area contributed by atoms with Crippen molar-refractivity contribution in [2.75, 3.05) is 32.6 Å². The van der Waals surface area contributed by atoms with E-state index in [0.29, 0.717) is 11.3 Å². The van der Waals surface area contributed by atoms with Gasteiger partial charge in [0.05, 0.1) is 7.11 Å². The molecule has 5 nitrogen and oxygen atoms in total. The van der Waals surface area contributed by atoms with Crippen molar-refractivity contribution in [2.45, 2.75) is 18.9 Å². The van der Waals surface area contributed by atoms with Gasteiger partial charge in [-0.2, -0.15) is 0 Å². The number of hydrogen-bond acceptors (Lipinski definition) is 4. The number of rotatable bonds is 6. The van der Waals surface area contributed by atoms with E-state index in [-0.39, 0.29) is 12.0 Å². The van der Waals surface area contributed by atoms with Crippen LogP contribution in [0.5, 0.6) is 11.5 Å². The highest BCUT2D eigenvalue weighted by Crippen LogP contribution is 2.26. The molecule has 160 valence electrons. The molecule has 5 heteroatoms. The van der Waals surface area contributed by atoms with Crippen molar-refractivity contribution in [3.63, 3.8) is 0 Å². The summed E-state index contributed by atoms with van der Waals surface area (Å²) in [7, 11) is 3.74. The molecule has 3 aromatic rings. The minimum absolute atomic E-state index is 0.169. The van der Waals surface area contributed by atoms with Gasteiger partial charge in [0, 0.05) is 24.3 Å². The summed E-state index contributed by atoms with van der Waals surface area (Å²) >= 11 is 0. The maximum Gasteiger partial charge on any atom is 0.255 e. The van der Waals surface area contributed by atoms with Crippen molar-refractivity contribution in [2.24, 2.45) is 0 Å². The molecule has 1 amide bonds. The van der Waals surface area contributed by atoms with Crippen LogP contribution in [0.25, 0.3) is 11.1 Å². The molecule has 1 aliphatic heterocycles. The van der Waals surface area contributed by atoms with Crippen molar-refractivity contribution in [1.82, 2.24) is 4.90 Å². The maximum atomic E-state index is 12.6. The summed E-state index contributed by atoms with van der Waals surface area (Å²) in [4.78, 5) is 14.9. The van der Waals surface area contributed by atoms with Crippen LogP contribution in [0.15, 0.2) is 72.8 Å². The van der Waals surface area contributed by atoms with Gasteiger partial charge in [0.2, 0.25) is 0 Å². The van der Waals surface area contributed by atoms with Crippen molar-refractivity contribution in [1.29, 1.82) is 0 Å². The Morgan fingerprint density at radius 3 is 2.39 bits per heavy atom. The van der Waals surface area contributed by atoms with E-state index in [4.69, 9.17) is 9.47 Å². The van der Waals surface area contributed by atoms with Gasteiger partial charge in [0.25, 0.3) is 5.91 Å². The van der Waals surface area contributed by atoms with E-state index in [1.54, 1.807) is 25.3 Å². The van der Waals surface area contributed by atoms with Gasteiger partial charge in [-0.05, 0) is 73.5 Å². The van der Waals surface area contributed by atoms with Gasteiger partial charge < -0.3 is 19.7 Å². The molecule has 0 bridgehead atoms. The molecule has 1 N–H and O–H groups in total. The van der Waals surface area contributed by atoms with Crippen LogP contribution in [-0.2, 0) is 0 Å². The Bertz CT molecular complexity index is 1020. The first-order valence-corrected chi connectivity index (χ1v) is 10.6. The van der Waals surface area contributed by atoms with Crippen LogP contribution in [0.1, 0.15) is 23.2 Å². The number of amides is 1. The molecule has 1 aliphatic rings. The molecule has 1 heterocycles. The van der Waals surface area contributed by atoms with E-state index in [1.165, 1.54) is 0 Å². The summed E-state index contributed by atoms with van der Waals surface area (Å²) < 4.78 is 11.3. The summed E-state index contributed by atoms with van der Waals surface area (Å²) in [6, 6.07) is 23.1. The van der Waals surface area contributed by atoms with Crippen LogP contribution in [0.4, 0.5) is 5.69 Å². The number of ether oxygens (including phenoxy) is 2. The highest BCUT2D eigenvalue weighted by atomic mass is 16.5. The number of benzene rings is 3. The van der Waals surface area contributed by atoms with E-state index in [1.807, 2.05) is 42.5 Å². The van der Waals surface area contributed by atoms with Crippen LogP contribution >= 0.6 is 0 Å². The lowest BCUT2D eigenvalue weighted by atomic mass is 10.0. The van der Waals surface area contributed by atoms with Crippen molar-refractivity contribution in [3.8, 4) is 22.6 Å². The lowest BCUT2D eigenvalue weighted by Crippen LogP contribution is -2.35. The number of nitrogens with one attached hydrogen (secondary N) is 1. The molecule has 0 atom stereocenters. The molecule has 0 aromatic heterocycles. The zero-order chi connectivity index (χ0) is 21.6. The van der Waals surface area contributed by atoms with Gasteiger partial charge in [-0.3, -0.25) is 4.79 Å². The summed E-state index contributed by atoms with van der Waals surface area (Å²) in [5.41, 5.74) is 3.42. The first-order valence-electron chi connectivity index (χ1n) is 10.6. The second kappa shape index (κ2) is 9.67. The predicted molar refractivity (Wildman–Crippen MR) is 124 cm³/mol. The second-order valence-corrected chi connectivity index (χ2v) is 7.91. The molecule has 31 heavy (non-hydrogen) atoms. The smallest absolute Gasteiger partial charge is 0.255 e. The first-order chi connectivity index (χ1) is 15.1. The topological polar surface area (TPSA) is 50.8 Å². The Balaban J connectivity index is 1.42. The molecule has 0 saturated carbocycles. The highest BCUT2D eigenvalue weighted by molar-refractivity contribution is 6.04. The minimum atomic E-state index is -0.169. The second-order valence-electron chi connectivity index (χ2n) is 7.91. The third-order valence-electron chi connectivity index (χ3n) is 5.61. The van der Waals surface area contributed by atoms with Crippen LogP contribution in [0.3, 0.4) is 0 Å². The number of hydrogen-bond donors (Lipinski definition) is 1. The average molecular weight is 417 g/mol. The largest absolute Gasteiger partial charge is 0.497 e. The Kier molecular flexibility index (Phi) is 6.53. The first kappa shape index (κ1) is 20.9. The van der Waals surface area contributed by atoms with Gasteiger partial charge in [-0.15, -0.1) is 0 Å². The Labute approximate surface area is 183 Å². The van der Waals surface area contributed by atoms with Crippen LogP contribution in [0, 0.1) is 0 Å². The standard InChI is InChI=1S/C26H28N2O3/c1-28-15-13-24(14-16-28)31-23-11-9-19(10-12-23)20-5-3-7-22(17-20)27-26(29)21-6-4-8-25(18-21)30-2/h3-12,17-18,24H,13-16H2,1-2H3,(H,27,29). The fraction of sp³-hybridized carbons (Fsp3) is 0.269. The maximum absolute atomic E-state index is 12.6. The van der Waals surface area contributed by atoms with Gasteiger partial charge >= 0.3 is 0 Å². The molecule has 0 radical (unpaired) electrons. The Morgan fingerprint density at radius 2 is 1.65 bits per heavy atom. The Morgan fingerprint density at radius 1 is 0.903 bits per heavy atom. The fourth-order valence-electron chi connectivity index (χ4n) is 3.77. The number of anilines is 1. The monoisotopic (exact) mass is 416 g/mol. The van der Waals surface area contributed by atoms with Crippen LogP contribution < -0.4 is 14.8 Å². The quantitative estimate of drug-likeness (QED) is 0.608. The molecular formula is C26H28N2O3. The molecule has 3 aromatic carbocycles. The lowest BCUT2D eigenvalue weighted by Gasteiger charge is -2.29. The van der Waals surface area contributed by atoms with E-state index in [2.05, 4.69) is 29.4 Å². The zero-order valence-electron chi connectivity index (χ0n) is 18.0. The number of likely N-dealkylation sites (tertiary alicyclic amines) is 1. The van der Waals surface area contributed by atoms with Gasteiger partial charge in [0.15, 0.2) is 0 Å². The number of carbonyl (C=O) groups excluding carboxylic acids is 1. The lowest BCUT2D eigenvalue weighted by molar-refractivity contribution is 0.102. The SMILES string of the molecule is COc1cccc(C(=O)Nc2cccc(-c3ccc(OC4CCN(C)CC4)cc3)c2)c1. The minimum Gasteiger partial charge on any atom is -0.497 e. The van der Waals surface area contributed by atoms with Crippen molar-refractivity contribution in [3.05, 3.63) is 78.4 Å². The summed E-state index contributed by atoms with van der Waals surface area (Å²) in [6.45, 7) is 2.16. The van der Waals surface area contributed by atoms with E-state index >= 15 is 0 Å². The molecule has 4 rings (SSSR count). The number of nitrogens with zero attached hydrogens (tertiary/aromatic N) is 1. The van der Waals surface area contributed by atoms with E-state index < -0.39 is 0 Å². The van der Waals surface area contributed by atoms with Crippen molar-refractivity contribution < 1.29 is 14.3 Å².